The van der Waals surface area contributed by atoms with Crippen molar-refractivity contribution in [3.63, 3.8) is 0 Å². The lowest BCUT2D eigenvalue weighted by Crippen LogP contribution is -2.51. The fourth-order valence-electron chi connectivity index (χ4n) is 3.35. The average Bonchev–Trinajstić information content (AvgIpc) is 2.46. The molecule has 1 rings (SSSR count). The largest absolute Gasteiger partial charge is 0.399 e. The predicted molar refractivity (Wildman–Crippen MR) is 94.0 cm³/mol. The molecule has 0 bridgehead atoms. The lowest BCUT2D eigenvalue weighted by Gasteiger charge is -2.39. The van der Waals surface area contributed by atoms with Gasteiger partial charge in [0.15, 0.2) is 5.78 Å². The summed E-state index contributed by atoms with van der Waals surface area (Å²) in [5.41, 5.74) is 0.559. The summed E-state index contributed by atoms with van der Waals surface area (Å²) >= 11 is 0. The zero-order chi connectivity index (χ0) is 18.3. The Labute approximate surface area is 143 Å². The molecular weight excluding hydrogens is 308 g/mol. The molecule has 6 heteroatoms. The highest BCUT2D eigenvalue weighted by Gasteiger charge is 2.50. The maximum atomic E-state index is 13.1. The molecule has 0 aromatic carbocycles. The molecular formula is C18H28N2O4. The van der Waals surface area contributed by atoms with E-state index in [1.54, 1.807) is 13.0 Å². The Kier molecular flexibility index (Phi) is 7.32. The van der Waals surface area contributed by atoms with Gasteiger partial charge in [0.25, 0.3) is 0 Å². The van der Waals surface area contributed by atoms with Crippen molar-refractivity contribution in [1.29, 1.82) is 0 Å². The van der Waals surface area contributed by atoms with Crippen molar-refractivity contribution in [1.82, 2.24) is 0 Å². The molecule has 2 atom stereocenters. The summed E-state index contributed by atoms with van der Waals surface area (Å²) in [4.78, 5) is 35.7. The number of nitrogens with zero attached hydrogens (tertiary/aromatic N) is 2. The van der Waals surface area contributed by atoms with E-state index in [4.69, 9.17) is 9.68 Å². The van der Waals surface area contributed by atoms with Gasteiger partial charge in [-0.3, -0.25) is 9.59 Å². The standard InChI is InChI=1S/C18H28N2O4/c1-7-9-13(20-24-10-8-2)15-14(21)11-18(4,5)16(17(15)22)12(3)19-23-6/h8,15-16H,2,7,9-11H2,1,3-6H3/b19-12+,20-13+. The van der Waals surface area contributed by atoms with Crippen LogP contribution in [0.15, 0.2) is 23.0 Å². The molecule has 2 unspecified atom stereocenters. The zero-order valence-electron chi connectivity index (χ0n) is 15.3. The van der Waals surface area contributed by atoms with E-state index in [-0.39, 0.29) is 24.6 Å². The van der Waals surface area contributed by atoms with Crippen molar-refractivity contribution >= 4 is 23.0 Å². The van der Waals surface area contributed by atoms with Crippen molar-refractivity contribution in [2.45, 2.75) is 47.0 Å². The van der Waals surface area contributed by atoms with Crippen molar-refractivity contribution < 1.29 is 19.3 Å². The smallest absolute Gasteiger partial charge is 0.158 e. The molecule has 0 N–H and O–H groups in total. The summed E-state index contributed by atoms with van der Waals surface area (Å²) in [6.45, 7) is 11.3. The molecule has 1 fully saturated rings. The van der Waals surface area contributed by atoms with Gasteiger partial charge < -0.3 is 9.68 Å². The van der Waals surface area contributed by atoms with Crippen LogP contribution < -0.4 is 0 Å². The lowest BCUT2D eigenvalue weighted by atomic mass is 9.61. The molecule has 0 radical (unpaired) electrons. The number of rotatable bonds is 8. The molecule has 0 heterocycles. The fraction of sp³-hybridized carbons (Fsp3) is 0.667. The maximum absolute atomic E-state index is 13.1. The van der Waals surface area contributed by atoms with Crippen LogP contribution in [0.4, 0.5) is 0 Å². The first kappa shape index (κ1) is 20.1. The van der Waals surface area contributed by atoms with Crippen LogP contribution in [0.5, 0.6) is 0 Å². The zero-order valence-corrected chi connectivity index (χ0v) is 15.3. The quantitative estimate of drug-likeness (QED) is 0.224. The molecule has 1 saturated carbocycles. The minimum absolute atomic E-state index is 0.110. The summed E-state index contributed by atoms with van der Waals surface area (Å²) in [7, 11) is 1.44. The number of carbonyl (C=O) groups excluding carboxylic acids is 2. The number of ketones is 2. The second-order valence-corrected chi connectivity index (χ2v) is 6.73. The van der Waals surface area contributed by atoms with E-state index in [9.17, 15) is 9.59 Å². The van der Waals surface area contributed by atoms with E-state index in [1.807, 2.05) is 20.8 Å². The van der Waals surface area contributed by atoms with Gasteiger partial charge >= 0.3 is 0 Å². The summed E-state index contributed by atoms with van der Waals surface area (Å²) in [6, 6.07) is 0. The van der Waals surface area contributed by atoms with E-state index in [0.29, 0.717) is 17.8 Å². The van der Waals surface area contributed by atoms with E-state index in [2.05, 4.69) is 16.9 Å². The van der Waals surface area contributed by atoms with Gasteiger partial charge in [0, 0.05) is 6.42 Å². The van der Waals surface area contributed by atoms with Gasteiger partial charge in [0.2, 0.25) is 0 Å². The first-order chi connectivity index (χ1) is 11.3. The monoisotopic (exact) mass is 336 g/mol. The minimum Gasteiger partial charge on any atom is -0.399 e. The fourth-order valence-corrected chi connectivity index (χ4v) is 3.35. The molecule has 0 amide bonds. The third-order valence-electron chi connectivity index (χ3n) is 4.17. The van der Waals surface area contributed by atoms with Crippen molar-refractivity contribution in [2.24, 2.45) is 27.6 Å². The lowest BCUT2D eigenvalue weighted by molar-refractivity contribution is -0.139. The second-order valence-electron chi connectivity index (χ2n) is 6.73. The Bertz CT molecular complexity index is 549. The highest BCUT2D eigenvalue weighted by molar-refractivity contribution is 6.27. The summed E-state index contributed by atoms with van der Waals surface area (Å²) in [5.74, 6) is -1.64. The van der Waals surface area contributed by atoms with Gasteiger partial charge in [-0.25, -0.2) is 0 Å². The predicted octanol–water partition coefficient (Wildman–Crippen LogP) is 3.17. The van der Waals surface area contributed by atoms with Crippen LogP contribution in [0.1, 0.15) is 47.0 Å². The van der Waals surface area contributed by atoms with E-state index >= 15 is 0 Å². The van der Waals surface area contributed by atoms with Gasteiger partial charge in [0.1, 0.15) is 25.4 Å². The molecule has 0 saturated heterocycles. The van der Waals surface area contributed by atoms with Crippen LogP contribution in [-0.2, 0) is 19.3 Å². The maximum Gasteiger partial charge on any atom is 0.158 e. The molecule has 1 aliphatic rings. The van der Waals surface area contributed by atoms with Crippen molar-refractivity contribution in [3.8, 4) is 0 Å². The topological polar surface area (TPSA) is 77.3 Å². The van der Waals surface area contributed by atoms with Gasteiger partial charge in [-0.05, 0) is 18.8 Å². The van der Waals surface area contributed by atoms with Crippen LogP contribution in [0.3, 0.4) is 0 Å². The van der Waals surface area contributed by atoms with Gasteiger partial charge in [0.05, 0.1) is 17.3 Å². The van der Waals surface area contributed by atoms with Crippen LogP contribution in [-0.4, -0.2) is 36.7 Å². The van der Waals surface area contributed by atoms with E-state index < -0.39 is 17.3 Å². The number of carbonyl (C=O) groups is 2. The molecule has 1 aliphatic carbocycles. The van der Waals surface area contributed by atoms with Crippen LogP contribution in [0, 0.1) is 17.3 Å². The van der Waals surface area contributed by atoms with Gasteiger partial charge in [-0.15, -0.1) is 0 Å². The summed E-state index contributed by atoms with van der Waals surface area (Å²) in [5, 5.41) is 7.98. The number of Topliss-reactive ketones (excluding diaryl/α,β-unsaturated/α-hetero) is 2. The molecule has 0 aromatic heterocycles. The summed E-state index contributed by atoms with van der Waals surface area (Å²) < 4.78 is 0. The first-order valence-electron chi connectivity index (χ1n) is 8.23. The first-order valence-corrected chi connectivity index (χ1v) is 8.23. The second kappa shape index (κ2) is 8.76. The third kappa shape index (κ3) is 4.52. The third-order valence-corrected chi connectivity index (χ3v) is 4.17. The van der Waals surface area contributed by atoms with Gasteiger partial charge in [-0.2, -0.15) is 0 Å². The van der Waals surface area contributed by atoms with E-state index in [0.717, 1.165) is 6.42 Å². The molecule has 0 spiro atoms. The molecule has 134 valence electrons. The molecule has 0 aliphatic heterocycles. The van der Waals surface area contributed by atoms with Crippen molar-refractivity contribution in [2.75, 3.05) is 13.7 Å². The Hall–Kier alpha value is -1.98. The Balaban J connectivity index is 3.23. The average molecular weight is 336 g/mol. The van der Waals surface area contributed by atoms with Crippen LogP contribution in [0.2, 0.25) is 0 Å². The Morgan fingerprint density at radius 2 is 2.04 bits per heavy atom. The summed E-state index contributed by atoms with van der Waals surface area (Å²) in [6.07, 6.45) is 3.16. The Morgan fingerprint density at radius 3 is 2.58 bits per heavy atom. The van der Waals surface area contributed by atoms with E-state index in [1.165, 1.54) is 7.11 Å². The SMILES string of the molecule is C=CCO/N=C(\CCC)C1C(=O)CC(C)(C)C(/C(C)=N/OC)C1=O. The molecule has 6 nitrogen and oxygen atoms in total. The van der Waals surface area contributed by atoms with Crippen LogP contribution >= 0.6 is 0 Å². The minimum atomic E-state index is -0.866. The van der Waals surface area contributed by atoms with Crippen molar-refractivity contribution in [3.05, 3.63) is 12.7 Å². The molecule has 0 aromatic rings. The number of hydrogen-bond acceptors (Lipinski definition) is 6. The van der Waals surface area contributed by atoms with Crippen LogP contribution in [0.25, 0.3) is 0 Å². The number of oxime groups is 2. The normalized spacial score (nSPS) is 24.7. The number of hydrogen-bond donors (Lipinski definition) is 0. The highest BCUT2D eigenvalue weighted by atomic mass is 16.6. The highest BCUT2D eigenvalue weighted by Crippen LogP contribution is 2.41. The Morgan fingerprint density at radius 1 is 1.38 bits per heavy atom. The molecule has 24 heavy (non-hydrogen) atoms. The van der Waals surface area contributed by atoms with Gasteiger partial charge in [-0.1, -0.05) is 50.2 Å².